The summed E-state index contributed by atoms with van der Waals surface area (Å²) in [6.07, 6.45) is 1.02. The normalized spacial score (nSPS) is 34.7. The van der Waals surface area contributed by atoms with Gasteiger partial charge in [0.15, 0.2) is 0 Å². The molecule has 0 amide bonds. The first kappa shape index (κ1) is 14.4. The minimum atomic E-state index is -4.71. The monoisotopic (exact) mass is 276 g/mol. The summed E-state index contributed by atoms with van der Waals surface area (Å²) >= 11 is 0. The van der Waals surface area contributed by atoms with Crippen LogP contribution in [0, 0.1) is 11.8 Å². The van der Waals surface area contributed by atoms with Crippen LogP contribution in [0.2, 0.25) is 0 Å². The number of hydrogen-bond acceptors (Lipinski definition) is 2. The van der Waals surface area contributed by atoms with E-state index in [1.54, 1.807) is 6.92 Å². The standard InChI is InChI=1S/C14H19F3O2/c1-9(14(15,16)17)12(18)19-13(2)7-6-10-4-3-5-11(13)8-10/h10-11H,1,3-8H2,2H3. The molecule has 0 heterocycles. The summed E-state index contributed by atoms with van der Waals surface area (Å²) in [5.41, 5.74) is -2.17. The quantitative estimate of drug-likeness (QED) is 0.562. The lowest BCUT2D eigenvalue weighted by Crippen LogP contribution is -2.46. The SMILES string of the molecule is C=C(C(=O)OC1(C)CCC2CCCC1C2)C(F)(F)F. The molecule has 0 radical (unpaired) electrons. The van der Waals surface area contributed by atoms with E-state index in [9.17, 15) is 18.0 Å². The molecule has 0 saturated heterocycles. The number of esters is 1. The maximum absolute atomic E-state index is 12.4. The van der Waals surface area contributed by atoms with Crippen LogP contribution in [0.4, 0.5) is 13.2 Å². The summed E-state index contributed by atoms with van der Waals surface area (Å²) in [5.74, 6) is -0.486. The second-order valence-electron chi connectivity index (χ2n) is 5.95. The number of rotatable bonds is 2. The van der Waals surface area contributed by atoms with E-state index in [-0.39, 0.29) is 5.92 Å². The van der Waals surface area contributed by atoms with Gasteiger partial charge in [-0.05, 0) is 44.4 Å². The molecule has 2 fully saturated rings. The van der Waals surface area contributed by atoms with Gasteiger partial charge in [0, 0.05) is 0 Å². The largest absolute Gasteiger partial charge is 0.455 e. The van der Waals surface area contributed by atoms with E-state index in [0.29, 0.717) is 12.3 Å². The minimum Gasteiger partial charge on any atom is -0.455 e. The van der Waals surface area contributed by atoms with Gasteiger partial charge in [-0.25, -0.2) is 4.79 Å². The number of hydrogen-bond donors (Lipinski definition) is 0. The van der Waals surface area contributed by atoms with Crippen LogP contribution < -0.4 is 0 Å². The molecule has 2 saturated carbocycles. The van der Waals surface area contributed by atoms with Crippen LogP contribution >= 0.6 is 0 Å². The van der Waals surface area contributed by atoms with Crippen molar-refractivity contribution in [1.29, 1.82) is 0 Å². The summed E-state index contributed by atoms with van der Waals surface area (Å²) < 4.78 is 42.5. The lowest BCUT2D eigenvalue weighted by Gasteiger charge is -2.46. The zero-order chi connectivity index (χ0) is 14.3. The zero-order valence-corrected chi connectivity index (χ0v) is 11.1. The highest BCUT2D eigenvalue weighted by Crippen LogP contribution is 2.47. The summed E-state index contributed by atoms with van der Waals surface area (Å²) in [5, 5.41) is 0. The minimum absolute atomic E-state index is 0.185. The van der Waals surface area contributed by atoms with Gasteiger partial charge in [-0.3, -0.25) is 0 Å². The van der Waals surface area contributed by atoms with Crippen LogP contribution in [0.3, 0.4) is 0 Å². The van der Waals surface area contributed by atoms with Crippen LogP contribution in [0.5, 0.6) is 0 Å². The Hall–Kier alpha value is -1.00. The Labute approximate surface area is 111 Å². The fourth-order valence-electron chi connectivity index (χ4n) is 3.33. The summed E-state index contributed by atoms with van der Waals surface area (Å²) in [4.78, 5) is 11.6. The van der Waals surface area contributed by atoms with Crippen LogP contribution in [-0.2, 0) is 9.53 Å². The molecule has 3 unspecified atom stereocenters. The van der Waals surface area contributed by atoms with E-state index in [4.69, 9.17) is 4.74 Å². The van der Waals surface area contributed by atoms with E-state index in [1.807, 2.05) is 0 Å². The second kappa shape index (κ2) is 4.84. The molecule has 5 heteroatoms. The first-order valence-electron chi connectivity index (χ1n) is 6.72. The van der Waals surface area contributed by atoms with Gasteiger partial charge in [-0.2, -0.15) is 13.2 Å². The first-order valence-corrected chi connectivity index (χ1v) is 6.72. The molecule has 2 aliphatic rings. The lowest BCUT2D eigenvalue weighted by molar-refractivity contribution is -0.176. The van der Waals surface area contributed by atoms with E-state index in [0.717, 1.165) is 25.7 Å². The van der Waals surface area contributed by atoms with Crippen molar-refractivity contribution < 1.29 is 22.7 Å². The topological polar surface area (TPSA) is 26.3 Å². The molecule has 2 nitrogen and oxygen atoms in total. The van der Waals surface area contributed by atoms with Crippen molar-refractivity contribution in [3.8, 4) is 0 Å². The number of halogens is 3. The van der Waals surface area contributed by atoms with Crippen molar-refractivity contribution in [2.24, 2.45) is 11.8 Å². The van der Waals surface area contributed by atoms with E-state index >= 15 is 0 Å². The molecule has 0 N–H and O–H groups in total. The van der Waals surface area contributed by atoms with Gasteiger partial charge >= 0.3 is 12.1 Å². The molecule has 2 aliphatic carbocycles. The Morgan fingerprint density at radius 2 is 2.00 bits per heavy atom. The maximum Gasteiger partial charge on any atom is 0.422 e. The highest BCUT2D eigenvalue weighted by molar-refractivity contribution is 5.89. The second-order valence-corrected chi connectivity index (χ2v) is 5.95. The Balaban J connectivity index is 2.05. The third-order valence-corrected chi connectivity index (χ3v) is 4.61. The fraction of sp³-hybridized carbons (Fsp3) is 0.786. The van der Waals surface area contributed by atoms with E-state index < -0.39 is 23.3 Å². The molecule has 108 valence electrons. The van der Waals surface area contributed by atoms with Crippen LogP contribution in [-0.4, -0.2) is 17.7 Å². The molecule has 0 aromatic heterocycles. The van der Waals surface area contributed by atoms with Crippen molar-refractivity contribution >= 4 is 5.97 Å². The van der Waals surface area contributed by atoms with Crippen LogP contribution in [0.15, 0.2) is 12.2 Å². The smallest absolute Gasteiger partial charge is 0.422 e. The average molecular weight is 276 g/mol. The Morgan fingerprint density at radius 3 is 2.63 bits per heavy atom. The van der Waals surface area contributed by atoms with Crippen molar-refractivity contribution in [3.05, 3.63) is 12.2 Å². The summed E-state index contributed by atoms with van der Waals surface area (Å²) in [6.45, 7) is 4.57. The summed E-state index contributed by atoms with van der Waals surface area (Å²) in [7, 11) is 0. The van der Waals surface area contributed by atoms with Crippen molar-refractivity contribution in [3.63, 3.8) is 0 Å². The van der Waals surface area contributed by atoms with Gasteiger partial charge in [0.2, 0.25) is 0 Å². The van der Waals surface area contributed by atoms with Crippen molar-refractivity contribution in [2.45, 2.75) is 57.2 Å². The highest BCUT2D eigenvalue weighted by Gasteiger charge is 2.47. The van der Waals surface area contributed by atoms with Crippen LogP contribution in [0.25, 0.3) is 0 Å². The maximum atomic E-state index is 12.4. The molecular formula is C14H19F3O2. The molecule has 19 heavy (non-hydrogen) atoms. The van der Waals surface area contributed by atoms with Crippen molar-refractivity contribution in [1.82, 2.24) is 0 Å². The van der Waals surface area contributed by atoms with Crippen LogP contribution in [0.1, 0.15) is 45.4 Å². The Kier molecular flexibility index (Phi) is 3.67. The molecular weight excluding hydrogens is 257 g/mol. The molecule has 0 spiro atoms. The average Bonchev–Trinajstić information content (AvgIpc) is 2.33. The van der Waals surface area contributed by atoms with Gasteiger partial charge in [-0.1, -0.05) is 19.4 Å². The number of fused-ring (bicyclic) bond motifs is 2. The fourth-order valence-corrected chi connectivity index (χ4v) is 3.33. The highest BCUT2D eigenvalue weighted by atomic mass is 19.4. The third-order valence-electron chi connectivity index (χ3n) is 4.61. The van der Waals surface area contributed by atoms with Gasteiger partial charge < -0.3 is 4.74 Å². The zero-order valence-electron chi connectivity index (χ0n) is 11.1. The van der Waals surface area contributed by atoms with Gasteiger partial charge in [-0.15, -0.1) is 0 Å². The molecule has 2 rings (SSSR count). The molecule has 3 atom stereocenters. The molecule has 0 aliphatic heterocycles. The number of alkyl halides is 3. The molecule has 0 aromatic carbocycles. The predicted molar refractivity (Wildman–Crippen MR) is 64.4 cm³/mol. The van der Waals surface area contributed by atoms with Gasteiger partial charge in [0.25, 0.3) is 0 Å². The Morgan fingerprint density at radius 1 is 1.32 bits per heavy atom. The third kappa shape index (κ3) is 2.95. The van der Waals surface area contributed by atoms with E-state index in [2.05, 4.69) is 6.58 Å². The molecule has 2 bridgehead atoms. The first-order chi connectivity index (χ1) is 8.72. The number of carbonyl (C=O) groups is 1. The summed E-state index contributed by atoms with van der Waals surface area (Å²) in [6, 6.07) is 0. The molecule has 0 aromatic rings. The predicted octanol–water partition coefficient (Wildman–Crippen LogP) is 4.01. The van der Waals surface area contributed by atoms with E-state index in [1.165, 1.54) is 6.42 Å². The number of ether oxygens (including phenoxy) is 1. The Bertz CT molecular complexity index is 389. The number of carbonyl (C=O) groups excluding carboxylic acids is 1. The lowest BCUT2D eigenvalue weighted by atomic mass is 9.65. The van der Waals surface area contributed by atoms with Crippen molar-refractivity contribution in [2.75, 3.05) is 0 Å². The van der Waals surface area contributed by atoms with Gasteiger partial charge in [0.05, 0.1) is 0 Å². The van der Waals surface area contributed by atoms with Gasteiger partial charge in [0.1, 0.15) is 11.2 Å².